The monoisotopic (exact) mass is 455 g/mol. The number of hydrogen-bond acceptors (Lipinski definition) is 6. The second-order valence-corrected chi connectivity index (χ2v) is 10.2. The Balaban J connectivity index is 1.74. The minimum absolute atomic E-state index is 0.0859. The first-order valence-corrected chi connectivity index (χ1v) is 11.9. The molecule has 2 heterocycles. The summed E-state index contributed by atoms with van der Waals surface area (Å²) < 4.78 is 11.5. The van der Waals surface area contributed by atoms with Crippen LogP contribution in [-0.4, -0.2) is 20.1 Å². The van der Waals surface area contributed by atoms with Crippen molar-refractivity contribution in [3.05, 3.63) is 62.8 Å². The summed E-state index contributed by atoms with van der Waals surface area (Å²) in [6, 6.07) is 13.5. The molecule has 30 heavy (non-hydrogen) atoms. The maximum absolute atomic E-state index is 13.4. The summed E-state index contributed by atoms with van der Waals surface area (Å²) in [7, 11) is 6.44. The van der Waals surface area contributed by atoms with Crippen LogP contribution in [0.5, 0.6) is 11.5 Å². The molecule has 0 bridgehead atoms. The van der Waals surface area contributed by atoms with Crippen molar-refractivity contribution in [3.8, 4) is 22.6 Å². The van der Waals surface area contributed by atoms with Gasteiger partial charge < -0.3 is 9.47 Å². The fraction of sp³-hybridized carbons (Fsp3) is 0.217. The number of carbonyl (C=O) groups excluding carboxylic acids is 1. The third kappa shape index (κ3) is 3.37. The molecule has 154 valence electrons. The standard InChI is InChI=1S/C23H21NO3S3/c1-23(2)21-20(22(28)30-29-21)15-7-5-6-8-16(15)24(23)19(25)12-10-14-9-11-17(26-3)18(13-14)27-4/h5-13H,1-4H3/b12-10-. The van der Waals surface area contributed by atoms with Gasteiger partial charge in [-0.2, -0.15) is 0 Å². The molecular weight excluding hydrogens is 434 g/mol. The summed E-state index contributed by atoms with van der Waals surface area (Å²) in [5, 5.41) is 0. The molecule has 0 spiro atoms. The highest BCUT2D eigenvalue weighted by molar-refractivity contribution is 7.80. The number of anilines is 1. The zero-order valence-corrected chi connectivity index (χ0v) is 19.5. The summed E-state index contributed by atoms with van der Waals surface area (Å²) in [4.78, 5) is 16.4. The Morgan fingerprint density at radius 3 is 2.53 bits per heavy atom. The van der Waals surface area contributed by atoms with Gasteiger partial charge in [-0.1, -0.05) is 57.2 Å². The Hall–Kier alpha value is -2.48. The summed E-state index contributed by atoms with van der Waals surface area (Å²) >= 11 is 5.60. The second kappa shape index (κ2) is 7.98. The molecule has 0 unspecified atom stereocenters. The highest BCUT2D eigenvalue weighted by Crippen LogP contribution is 2.52. The average Bonchev–Trinajstić information content (AvgIpc) is 3.14. The van der Waals surface area contributed by atoms with E-state index in [0.717, 1.165) is 31.1 Å². The third-order valence-electron chi connectivity index (χ3n) is 5.21. The van der Waals surface area contributed by atoms with Gasteiger partial charge in [0.15, 0.2) is 11.5 Å². The largest absolute Gasteiger partial charge is 0.493 e. The maximum atomic E-state index is 13.4. The van der Waals surface area contributed by atoms with E-state index in [-0.39, 0.29) is 5.91 Å². The first-order valence-electron chi connectivity index (χ1n) is 9.35. The molecule has 0 aliphatic carbocycles. The number of hydrogen-bond donors (Lipinski definition) is 0. The van der Waals surface area contributed by atoms with Crippen molar-refractivity contribution < 1.29 is 14.3 Å². The summed E-state index contributed by atoms with van der Waals surface area (Å²) in [6.45, 7) is 4.14. The van der Waals surface area contributed by atoms with Crippen molar-refractivity contribution in [2.45, 2.75) is 19.4 Å². The van der Waals surface area contributed by atoms with E-state index in [1.807, 2.05) is 47.4 Å². The van der Waals surface area contributed by atoms with Gasteiger partial charge in [0, 0.05) is 17.2 Å². The van der Waals surface area contributed by atoms with Gasteiger partial charge in [-0.3, -0.25) is 9.69 Å². The van der Waals surface area contributed by atoms with Crippen LogP contribution < -0.4 is 14.4 Å². The van der Waals surface area contributed by atoms with Gasteiger partial charge in [-0.05, 0) is 43.7 Å². The molecule has 4 rings (SSSR count). The highest BCUT2D eigenvalue weighted by atomic mass is 32.9. The van der Waals surface area contributed by atoms with E-state index in [4.69, 9.17) is 21.7 Å². The van der Waals surface area contributed by atoms with Gasteiger partial charge in [-0.25, -0.2) is 0 Å². The van der Waals surface area contributed by atoms with Gasteiger partial charge in [0.25, 0.3) is 5.91 Å². The van der Waals surface area contributed by atoms with E-state index < -0.39 is 5.54 Å². The van der Waals surface area contributed by atoms with E-state index in [9.17, 15) is 4.79 Å². The zero-order chi connectivity index (χ0) is 21.5. The fourth-order valence-electron chi connectivity index (χ4n) is 3.77. The topological polar surface area (TPSA) is 38.8 Å². The first kappa shape index (κ1) is 20.8. The van der Waals surface area contributed by atoms with Crippen LogP contribution in [0.3, 0.4) is 0 Å². The molecular formula is C23H21NO3S3. The number of fused-ring (bicyclic) bond motifs is 3. The molecule has 0 N–H and O–H groups in total. The number of para-hydroxylation sites is 1. The van der Waals surface area contributed by atoms with Crippen LogP contribution in [0.25, 0.3) is 17.2 Å². The van der Waals surface area contributed by atoms with E-state index in [0.29, 0.717) is 11.5 Å². The minimum atomic E-state index is -0.499. The Morgan fingerprint density at radius 1 is 1.07 bits per heavy atom. The van der Waals surface area contributed by atoms with Gasteiger partial charge >= 0.3 is 0 Å². The quantitative estimate of drug-likeness (QED) is 0.255. The number of amides is 1. The lowest BCUT2D eigenvalue weighted by Crippen LogP contribution is -2.47. The van der Waals surface area contributed by atoms with Crippen molar-refractivity contribution >= 4 is 50.6 Å². The van der Waals surface area contributed by atoms with Crippen LogP contribution in [0.4, 0.5) is 5.69 Å². The van der Waals surface area contributed by atoms with E-state index in [1.165, 1.54) is 0 Å². The fourth-order valence-corrected chi connectivity index (χ4v) is 7.05. The molecule has 0 fully saturated rings. The smallest absolute Gasteiger partial charge is 0.251 e. The van der Waals surface area contributed by atoms with Crippen molar-refractivity contribution in [3.63, 3.8) is 0 Å². The lowest BCUT2D eigenvalue weighted by molar-refractivity contribution is -0.115. The Morgan fingerprint density at radius 2 is 1.80 bits per heavy atom. The van der Waals surface area contributed by atoms with Crippen molar-refractivity contribution in [1.29, 1.82) is 0 Å². The molecule has 2 aromatic carbocycles. The molecule has 0 saturated heterocycles. The number of ether oxygens (including phenoxy) is 2. The normalized spacial score (nSPS) is 14.3. The maximum Gasteiger partial charge on any atom is 0.251 e. The van der Waals surface area contributed by atoms with Gasteiger partial charge in [0.2, 0.25) is 0 Å². The minimum Gasteiger partial charge on any atom is -0.493 e. The van der Waals surface area contributed by atoms with Crippen LogP contribution in [-0.2, 0) is 10.3 Å². The Kier molecular flexibility index (Phi) is 5.53. The van der Waals surface area contributed by atoms with Gasteiger partial charge in [-0.15, -0.1) is 0 Å². The number of nitrogens with zero attached hydrogens (tertiary/aromatic N) is 1. The molecule has 4 nitrogen and oxygen atoms in total. The lowest BCUT2D eigenvalue weighted by atomic mass is 9.87. The SMILES string of the molecule is COc1ccc(/C=C\C(=O)N2c3ccccc3-c3c(ssc3=S)C2(C)C)cc1OC. The molecule has 7 heteroatoms. The second-order valence-electron chi connectivity index (χ2n) is 7.36. The summed E-state index contributed by atoms with van der Waals surface area (Å²) in [5.74, 6) is 1.19. The van der Waals surface area contributed by atoms with Gasteiger partial charge in [0.05, 0.1) is 30.3 Å². The molecule has 1 aliphatic heterocycles. The van der Waals surface area contributed by atoms with Crippen LogP contribution in [0.15, 0.2) is 48.5 Å². The number of benzene rings is 2. The predicted molar refractivity (Wildman–Crippen MR) is 128 cm³/mol. The number of carbonyl (C=O) groups is 1. The number of methoxy groups -OCH3 is 2. The van der Waals surface area contributed by atoms with E-state index in [2.05, 4.69) is 13.8 Å². The summed E-state index contributed by atoms with van der Waals surface area (Å²) in [6.07, 6.45) is 3.41. The van der Waals surface area contributed by atoms with Crippen molar-refractivity contribution in [1.82, 2.24) is 0 Å². The first-order chi connectivity index (χ1) is 14.4. The van der Waals surface area contributed by atoms with Crippen LogP contribution >= 0.6 is 32.9 Å². The Bertz CT molecular complexity index is 1210. The molecule has 1 aromatic heterocycles. The molecule has 3 aromatic rings. The average molecular weight is 456 g/mol. The zero-order valence-electron chi connectivity index (χ0n) is 17.1. The van der Waals surface area contributed by atoms with Gasteiger partial charge in [0.1, 0.15) is 3.82 Å². The molecule has 0 radical (unpaired) electrons. The van der Waals surface area contributed by atoms with Crippen molar-refractivity contribution in [2.24, 2.45) is 0 Å². The number of rotatable bonds is 4. The molecule has 0 atom stereocenters. The molecule has 1 amide bonds. The lowest BCUT2D eigenvalue weighted by Gasteiger charge is -2.42. The van der Waals surface area contributed by atoms with Crippen molar-refractivity contribution in [2.75, 3.05) is 19.1 Å². The van der Waals surface area contributed by atoms with Crippen LogP contribution in [0, 0.1) is 3.82 Å². The summed E-state index contributed by atoms with van der Waals surface area (Å²) in [5.41, 5.74) is 3.35. The molecule has 1 aliphatic rings. The third-order valence-corrected chi connectivity index (χ3v) is 8.54. The predicted octanol–water partition coefficient (Wildman–Crippen LogP) is 6.52. The van der Waals surface area contributed by atoms with Crippen LogP contribution in [0.2, 0.25) is 0 Å². The van der Waals surface area contributed by atoms with E-state index in [1.54, 1.807) is 47.1 Å². The highest BCUT2D eigenvalue weighted by Gasteiger charge is 2.42. The van der Waals surface area contributed by atoms with Crippen LogP contribution in [0.1, 0.15) is 24.3 Å². The van der Waals surface area contributed by atoms with E-state index >= 15 is 0 Å². The Labute approximate surface area is 188 Å². The molecule has 0 saturated carbocycles.